The van der Waals surface area contributed by atoms with Crippen LogP contribution in [0.4, 0.5) is 43.9 Å². The van der Waals surface area contributed by atoms with Crippen LogP contribution in [0.1, 0.15) is 6.92 Å². The lowest BCUT2D eigenvalue weighted by molar-refractivity contribution is -0.294. The molecule has 0 radical (unpaired) electrons. The Balaban J connectivity index is 4.71. The van der Waals surface area contributed by atoms with Crippen molar-refractivity contribution in [2.75, 3.05) is 13.2 Å². The fraction of sp³-hybridized carbons (Fsp3) is 0.636. The standard InChI is InChI=1S/C11H8F10O4/c1-5(7(23)25-4-9(14,15)11(19,20)21)2-6(22)24-3-8(12,13)10(16,17)18/h2H,3-4H2,1H3/b5-2-. The molecule has 146 valence electrons. The van der Waals surface area contributed by atoms with Crippen molar-refractivity contribution in [2.45, 2.75) is 31.1 Å². The van der Waals surface area contributed by atoms with Crippen LogP contribution in [-0.2, 0) is 19.1 Å². The van der Waals surface area contributed by atoms with E-state index in [-0.39, 0.29) is 6.08 Å². The number of ether oxygens (including phenoxy) is 2. The Kier molecular flexibility index (Phi) is 6.87. The van der Waals surface area contributed by atoms with Crippen LogP contribution in [0.15, 0.2) is 11.6 Å². The molecule has 0 fully saturated rings. The van der Waals surface area contributed by atoms with Crippen LogP contribution in [0.5, 0.6) is 0 Å². The number of hydrogen-bond donors (Lipinski definition) is 0. The summed E-state index contributed by atoms with van der Waals surface area (Å²) in [6.07, 6.45) is -12.1. The van der Waals surface area contributed by atoms with Crippen molar-refractivity contribution in [1.82, 2.24) is 0 Å². The van der Waals surface area contributed by atoms with Gasteiger partial charge in [0.05, 0.1) is 0 Å². The molecule has 0 amide bonds. The molecule has 0 unspecified atom stereocenters. The van der Waals surface area contributed by atoms with Crippen molar-refractivity contribution in [2.24, 2.45) is 0 Å². The summed E-state index contributed by atoms with van der Waals surface area (Å²) >= 11 is 0. The van der Waals surface area contributed by atoms with Crippen molar-refractivity contribution in [3.05, 3.63) is 11.6 Å². The normalized spacial score (nSPS) is 14.3. The molecule has 0 N–H and O–H groups in total. The zero-order valence-electron chi connectivity index (χ0n) is 11.9. The molecule has 0 aromatic rings. The number of halogens is 10. The number of carbonyl (C=O) groups is 2. The SMILES string of the molecule is C/C(=C/C(=O)OCC(F)(F)C(F)(F)F)C(=O)OCC(F)(F)C(F)(F)F. The third-order valence-corrected chi connectivity index (χ3v) is 2.27. The molecule has 0 aliphatic carbocycles. The van der Waals surface area contributed by atoms with Crippen LogP contribution in [0, 0.1) is 0 Å². The summed E-state index contributed by atoms with van der Waals surface area (Å²) in [5, 5.41) is 0. The van der Waals surface area contributed by atoms with E-state index in [2.05, 4.69) is 9.47 Å². The molecule has 0 aromatic carbocycles. The topological polar surface area (TPSA) is 52.6 Å². The van der Waals surface area contributed by atoms with E-state index in [1.165, 1.54) is 0 Å². The van der Waals surface area contributed by atoms with Gasteiger partial charge in [0.2, 0.25) is 0 Å². The Morgan fingerprint density at radius 2 is 1.12 bits per heavy atom. The van der Waals surface area contributed by atoms with Crippen molar-refractivity contribution in [1.29, 1.82) is 0 Å². The van der Waals surface area contributed by atoms with Gasteiger partial charge in [-0.3, -0.25) is 0 Å². The molecule has 14 heteroatoms. The highest BCUT2D eigenvalue weighted by molar-refractivity contribution is 5.95. The minimum Gasteiger partial charge on any atom is -0.456 e. The largest absolute Gasteiger partial charge is 0.456 e. The molecule has 0 atom stereocenters. The average molecular weight is 394 g/mol. The van der Waals surface area contributed by atoms with Crippen molar-refractivity contribution in [3.8, 4) is 0 Å². The molecule has 0 heterocycles. The summed E-state index contributed by atoms with van der Waals surface area (Å²) in [7, 11) is 0. The van der Waals surface area contributed by atoms with Crippen molar-refractivity contribution in [3.63, 3.8) is 0 Å². The second kappa shape index (κ2) is 7.47. The summed E-state index contributed by atoms with van der Waals surface area (Å²) in [5.41, 5.74) is -0.974. The van der Waals surface area contributed by atoms with Crippen LogP contribution < -0.4 is 0 Å². The molecule has 0 saturated carbocycles. The Bertz CT molecular complexity index is 532. The maximum atomic E-state index is 12.5. The Morgan fingerprint density at radius 1 is 0.760 bits per heavy atom. The molecule has 0 bridgehead atoms. The molecular weight excluding hydrogens is 386 g/mol. The van der Waals surface area contributed by atoms with Crippen LogP contribution in [0.3, 0.4) is 0 Å². The third kappa shape index (κ3) is 6.78. The fourth-order valence-corrected chi connectivity index (χ4v) is 0.873. The molecule has 25 heavy (non-hydrogen) atoms. The molecule has 0 aliphatic rings. The maximum absolute atomic E-state index is 12.5. The van der Waals surface area contributed by atoms with Gasteiger partial charge >= 0.3 is 36.1 Å². The van der Waals surface area contributed by atoms with Gasteiger partial charge in [-0.25, -0.2) is 9.59 Å². The average Bonchev–Trinajstić information content (AvgIpc) is 2.40. The maximum Gasteiger partial charge on any atom is 0.456 e. The highest BCUT2D eigenvalue weighted by atomic mass is 19.4. The molecule has 0 spiro atoms. The summed E-state index contributed by atoms with van der Waals surface area (Å²) in [4.78, 5) is 22.0. The van der Waals surface area contributed by atoms with E-state index in [0.717, 1.165) is 0 Å². The predicted octanol–water partition coefficient (Wildman–Crippen LogP) is 3.41. The summed E-state index contributed by atoms with van der Waals surface area (Å²) in [5.74, 6) is -14.6. The quantitative estimate of drug-likeness (QED) is 0.394. The first-order valence-electron chi connectivity index (χ1n) is 5.82. The van der Waals surface area contributed by atoms with Crippen LogP contribution >= 0.6 is 0 Å². The number of alkyl halides is 10. The third-order valence-electron chi connectivity index (χ3n) is 2.27. The summed E-state index contributed by atoms with van der Waals surface area (Å²) in [6, 6.07) is 0. The molecule has 0 saturated heterocycles. The van der Waals surface area contributed by atoms with Crippen molar-refractivity contribution < 1.29 is 63.0 Å². The summed E-state index contributed by atoms with van der Waals surface area (Å²) < 4.78 is 128. The van der Waals surface area contributed by atoms with Gasteiger partial charge in [0.25, 0.3) is 0 Å². The van der Waals surface area contributed by atoms with E-state index in [1.54, 1.807) is 0 Å². The minimum atomic E-state index is -6.02. The number of rotatable bonds is 6. The van der Waals surface area contributed by atoms with Crippen LogP contribution in [-0.4, -0.2) is 49.4 Å². The van der Waals surface area contributed by atoms with Gasteiger partial charge in [-0.2, -0.15) is 43.9 Å². The van der Waals surface area contributed by atoms with Gasteiger partial charge < -0.3 is 9.47 Å². The van der Waals surface area contributed by atoms with E-state index < -0.39 is 54.9 Å². The smallest absolute Gasteiger partial charge is 0.456 e. The van der Waals surface area contributed by atoms with Gasteiger partial charge in [0.1, 0.15) is 0 Å². The zero-order chi connectivity index (χ0) is 20.3. The first-order chi connectivity index (χ1) is 10.9. The Hall–Kier alpha value is -2.02. The highest BCUT2D eigenvalue weighted by Crippen LogP contribution is 2.36. The zero-order valence-corrected chi connectivity index (χ0v) is 11.9. The van der Waals surface area contributed by atoms with Crippen LogP contribution in [0.2, 0.25) is 0 Å². The lowest BCUT2D eigenvalue weighted by Gasteiger charge is -2.19. The minimum absolute atomic E-state index is 0.0134. The predicted molar refractivity (Wildman–Crippen MR) is 57.7 cm³/mol. The van der Waals surface area contributed by atoms with E-state index in [1.807, 2.05) is 0 Å². The Morgan fingerprint density at radius 3 is 1.48 bits per heavy atom. The molecule has 4 nitrogen and oxygen atoms in total. The van der Waals surface area contributed by atoms with E-state index in [0.29, 0.717) is 6.92 Å². The second-order valence-electron chi connectivity index (χ2n) is 4.42. The van der Waals surface area contributed by atoms with Gasteiger partial charge in [-0.1, -0.05) is 0 Å². The van der Waals surface area contributed by atoms with Gasteiger partial charge in [0.15, 0.2) is 13.2 Å². The summed E-state index contributed by atoms with van der Waals surface area (Å²) in [6.45, 7) is -4.22. The van der Waals surface area contributed by atoms with Crippen LogP contribution in [0.25, 0.3) is 0 Å². The Labute approximate surface area is 132 Å². The fourth-order valence-electron chi connectivity index (χ4n) is 0.873. The number of hydrogen-bond acceptors (Lipinski definition) is 4. The molecule has 0 aromatic heterocycles. The lowest BCUT2D eigenvalue weighted by atomic mass is 10.3. The van der Waals surface area contributed by atoms with Gasteiger partial charge in [-0.05, 0) is 6.92 Å². The number of carbonyl (C=O) groups excluding carboxylic acids is 2. The number of esters is 2. The second-order valence-corrected chi connectivity index (χ2v) is 4.42. The first-order valence-corrected chi connectivity index (χ1v) is 5.82. The monoisotopic (exact) mass is 394 g/mol. The van der Waals surface area contributed by atoms with E-state index >= 15 is 0 Å². The van der Waals surface area contributed by atoms with Gasteiger partial charge in [-0.15, -0.1) is 0 Å². The molecule has 0 rings (SSSR count). The first kappa shape index (κ1) is 23.0. The van der Waals surface area contributed by atoms with Gasteiger partial charge in [0, 0.05) is 11.6 Å². The molecular formula is C11H8F10O4. The lowest BCUT2D eigenvalue weighted by Crippen LogP contribution is -2.41. The molecule has 0 aliphatic heterocycles. The highest BCUT2D eigenvalue weighted by Gasteiger charge is 2.59. The van der Waals surface area contributed by atoms with E-state index in [9.17, 15) is 53.5 Å². The van der Waals surface area contributed by atoms with Crippen molar-refractivity contribution >= 4 is 11.9 Å². The van der Waals surface area contributed by atoms with E-state index in [4.69, 9.17) is 0 Å².